The van der Waals surface area contributed by atoms with Crippen molar-refractivity contribution in [3.63, 3.8) is 0 Å². The predicted octanol–water partition coefficient (Wildman–Crippen LogP) is 4.52. The molecule has 1 aliphatic heterocycles. The van der Waals surface area contributed by atoms with E-state index in [0.29, 0.717) is 34.1 Å². The Bertz CT molecular complexity index is 1320. The lowest BCUT2D eigenvalue weighted by atomic mass is 9.80. The average molecular weight is 560 g/mol. The third-order valence-electron chi connectivity index (χ3n) is 5.28. The summed E-state index contributed by atoms with van der Waals surface area (Å²) in [6.45, 7) is 4.55. The molecule has 0 unspecified atom stereocenters. The number of aliphatic imine (C=N–C) groups is 1. The number of nitro benzene ring substituents is 1. The van der Waals surface area contributed by atoms with Gasteiger partial charge < -0.3 is 10.5 Å². The molecule has 1 heterocycles. The maximum absolute atomic E-state index is 13.6. The monoisotopic (exact) mass is 559 g/mol. The van der Waals surface area contributed by atoms with Crippen molar-refractivity contribution < 1.29 is 32.4 Å². The molecule has 0 spiro atoms. The molecule has 37 heavy (non-hydrogen) atoms. The number of thioether (sulfide) groups is 1. The Balaban J connectivity index is 2.18. The molecule has 1 aliphatic rings. The highest BCUT2D eigenvalue weighted by Gasteiger charge is 2.38. The highest BCUT2D eigenvalue weighted by atomic mass is 35.5. The fourth-order valence-corrected chi connectivity index (χ4v) is 4.54. The number of carbonyl (C=O) groups excluding carboxylic acids is 2. The van der Waals surface area contributed by atoms with E-state index in [9.17, 15) is 32.9 Å². The first-order chi connectivity index (χ1) is 17.1. The van der Waals surface area contributed by atoms with Crippen molar-refractivity contribution in [2.24, 2.45) is 10.7 Å². The van der Waals surface area contributed by atoms with Crippen molar-refractivity contribution in [1.82, 2.24) is 10.9 Å². The number of ether oxygens (including phenoxy) is 1. The number of halogens is 4. The molecule has 2 aromatic carbocycles. The number of benzene rings is 2. The van der Waals surface area contributed by atoms with E-state index in [0.717, 1.165) is 11.6 Å². The SMILES string of the molecule is Cc1cc2c(cc1Cl)N=C(Sc1cc(OCC(N)=O)c(C(F)(F)F)cc1[N+](=O)[O-])NNC(=O)CC2(C)C. The summed E-state index contributed by atoms with van der Waals surface area (Å²) in [5, 5.41) is 12.0. The van der Waals surface area contributed by atoms with E-state index in [1.807, 2.05) is 13.8 Å². The van der Waals surface area contributed by atoms with Gasteiger partial charge in [-0.05, 0) is 35.9 Å². The van der Waals surface area contributed by atoms with Crippen LogP contribution in [0.3, 0.4) is 0 Å². The van der Waals surface area contributed by atoms with Crippen molar-refractivity contribution in [2.75, 3.05) is 6.61 Å². The number of rotatable bonds is 5. The number of amidine groups is 1. The molecule has 0 atom stereocenters. The molecule has 2 aromatic rings. The minimum Gasteiger partial charge on any atom is -0.483 e. The number of hydrogen-bond donors (Lipinski definition) is 3. The smallest absolute Gasteiger partial charge is 0.420 e. The van der Waals surface area contributed by atoms with Crippen LogP contribution in [0.2, 0.25) is 5.02 Å². The van der Waals surface area contributed by atoms with Gasteiger partial charge in [0.2, 0.25) is 5.91 Å². The van der Waals surface area contributed by atoms with Gasteiger partial charge in [0.05, 0.1) is 15.5 Å². The third-order valence-corrected chi connectivity index (χ3v) is 6.62. The van der Waals surface area contributed by atoms with Crippen LogP contribution in [0, 0.1) is 17.0 Å². The summed E-state index contributed by atoms with van der Waals surface area (Å²) in [6.07, 6.45) is -4.98. The maximum atomic E-state index is 13.6. The third kappa shape index (κ3) is 6.63. The second kappa shape index (κ2) is 10.5. The fourth-order valence-electron chi connectivity index (χ4n) is 3.52. The van der Waals surface area contributed by atoms with Crippen LogP contribution in [0.1, 0.15) is 37.0 Å². The Morgan fingerprint density at radius 2 is 1.97 bits per heavy atom. The lowest BCUT2D eigenvalue weighted by molar-refractivity contribution is -0.388. The Morgan fingerprint density at radius 3 is 2.57 bits per heavy atom. The summed E-state index contributed by atoms with van der Waals surface area (Å²) in [5.74, 6) is -2.31. The number of hydrazine groups is 1. The molecule has 3 rings (SSSR count). The first-order valence-corrected chi connectivity index (χ1v) is 11.7. The van der Waals surface area contributed by atoms with Gasteiger partial charge in [-0.3, -0.25) is 30.6 Å². The number of nitro groups is 1. The van der Waals surface area contributed by atoms with Crippen molar-refractivity contribution in [3.05, 3.63) is 56.1 Å². The Hall–Kier alpha value is -3.52. The number of nitrogens with one attached hydrogen (secondary N) is 2. The van der Waals surface area contributed by atoms with Crippen LogP contribution in [0.5, 0.6) is 5.75 Å². The molecule has 10 nitrogen and oxygen atoms in total. The van der Waals surface area contributed by atoms with Crippen molar-refractivity contribution >= 4 is 51.7 Å². The number of amides is 2. The van der Waals surface area contributed by atoms with Gasteiger partial charge in [-0.15, -0.1) is 0 Å². The zero-order valence-corrected chi connectivity index (χ0v) is 21.2. The zero-order valence-electron chi connectivity index (χ0n) is 19.7. The van der Waals surface area contributed by atoms with Crippen molar-refractivity contribution in [2.45, 2.75) is 43.7 Å². The molecule has 2 amide bonds. The summed E-state index contributed by atoms with van der Waals surface area (Å²) in [7, 11) is 0. The molecule has 4 N–H and O–H groups in total. The highest BCUT2D eigenvalue weighted by molar-refractivity contribution is 8.14. The second-order valence-electron chi connectivity index (χ2n) is 8.70. The van der Waals surface area contributed by atoms with E-state index in [1.54, 1.807) is 19.1 Å². The molecular formula is C22H21ClF3N5O5S. The van der Waals surface area contributed by atoms with Crippen molar-refractivity contribution in [1.29, 1.82) is 0 Å². The number of hydrogen-bond acceptors (Lipinski definition) is 8. The molecule has 0 bridgehead atoms. The summed E-state index contributed by atoms with van der Waals surface area (Å²) >= 11 is 6.86. The van der Waals surface area contributed by atoms with E-state index < -0.39 is 51.9 Å². The molecule has 0 aliphatic carbocycles. The molecule has 0 radical (unpaired) electrons. The van der Waals surface area contributed by atoms with Crippen LogP contribution < -0.4 is 21.3 Å². The summed E-state index contributed by atoms with van der Waals surface area (Å²) in [4.78, 5) is 38.5. The second-order valence-corrected chi connectivity index (χ2v) is 10.1. The number of nitrogens with zero attached hydrogens (tertiary/aromatic N) is 2. The van der Waals surface area contributed by atoms with Crippen LogP contribution in [0.15, 0.2) is 34.2 Å². The topological polar surface area (TPSA) is 149 Å². The molecule has 0 aromatic heterocycles. The summed E-state index contributed by atoms with van der Waals surface area (Å²) in [5.41, 5.74) is 8.69. The van der Waals surface area contributed by atoms with Crippen molar-refractivity contribution in [3.8, 4) is 5.75 Å². The highest BCUT2D eigenvalue weighted by Crippen LogP contribution is 2.44. The van der Waals surface area contributed by atoms with Crippen LogP contribution in [0.25, 0.3) is 0 Å². The number of fused-ring (bicyclic) bond motifs is 1. The van der Waals surface area contributed by atoms with Crippen LogP contribution in [-0.4, -0.2) is 28.5 Å². The maximum Gasteiger partial charge on any atom is 0.420 e. The van der Waals surface area contributed by atoms with Gasteiger partial charge in [-0.25, -0.2) is 4.99 Å². The van der Waals surface area contributed by atoms with Gasteiger partial charge in [0.15, 0.2) is 11.8 Å². The lowest BCUT2D eigenvalue weighted by Crippen LogP contribution is -2.41. The largest absolute Gasteiger partial charge is 0.483 e. The first-order valence-electron chi connectivity index (χ1n) is 10.5. The Kier molecular flexibility index (Phi) is 7.93. The van der Waals surface area contributed by atoms with Gasteiger partial charge in [0.1, 0.15) is 11.3 Å². The van der Waals surface area contributed by atoms with E-state index in [-0.39, 0.29) is 16.5 Å². The predicted molar refractivity (Wildman–Crippen MR) is 131 cm³/mol. The number of primary amides is 1. The molecular weight excluding hydrogens is 539 g/mol. The molecule has 0 saturated heterocycles. The van der Waals surface area contributed by atoms with Crippen LogP contribution in [-0.2, 0) is 21.2 Å². The van der Waals surface area contributed by atoms with Gasteiger partial charge >= 0.3 is 6.18 Å². The molecule has 0 saturated carbocycles. The minimum atomic E-state index is -5.03. The number of nitrogens with two attached hydrogens (primary N) is 1. The van der Waals surface area contributed by atoms with Crippen LogP contribution in [0.4, 0.5) is 24.5 Å². The normalized spacial score (nSPS) is 15.2. The first kappa shape index (κ1) is 28.1. The van der Waals surface area contributed by atoms with E-state index >= 15 is 0 Å². The van der Waals surface area contributed by atoms with E-state index in [2.05, 4.69) is 15.8 Å². The standard InChI is InChI=1S/C22H21ClF3N5O5S/c1-10-4-11-14(6-13(10)23)28-20(30-29-19(33)8-21(11,2)3)37-17-7-16(36-9-18(27)32)12(22(24,25)26)5-15(17)31(34)35/h4-7H,8-9H2,1-3H3,(H2,27,32)(H,28,30)(H,29,33). The summed E-state index contributed by atoms with van der Waals surface area (Å²) < 4.78 is 45.6. The fraction of sp³-hybridized carbons (Fsp3) is 0.318. The lowest BCUT2D eigenvalue weighted by Gasteiger charge is -2.26. The Labute approximate surface area is 217 Å². The molecule has 0 fully saturated rings. The van der Waals surface area contributed by atoms with E-state index in [4.69, 9.17) is 22.1 Å². The average Bonchev–Trinajstić information content (AvgIpc) is 2.80. The number of alkyl halides is 3. The Morgan fingerprint density at radius 1 is 1.30 bits per heavy atom. The zero-order chi connectivity index (χ0) is 27.7. The van der Waals surface area contributed by atoms with Gasteiger partial charge in [0, 0.05) is 29.0 Å². The number of aryl methyl sites for hydroxylation is 1. The minimum absolute atomic E-state index is 0.0487. The summed E-state index contributed by atoms with van der Waals surface area (Å²) in [6, 6.07) is 4.40. The molecule has 15 heteroatoms. The van der Waals surface area contributed by atoms with Gasteiger partial charge in [-0.1, -0.05) is 31.5 Å². The van der Waals surface area contributed by atoms with E-state index in [1.165, 1.54) is 0 Å². The van der Waals surface area contributed by atoms with Gasteiger partial charge in [0.25, 0.3) is 11.6 Å². The molecule has 198 valence electrons. The number of carbonyl (C=O) groups is 2. The quantitative estimate of drug-likeness (QED) is 0.360. The van der Waals surface area contributed by atoms with Crippen LogP contribution >= 0.6 is 23.4 Å². The van der Waals surface area contributed by atoms with Gasteiger partial charge in [-0.2, -0.15) is 13.2 Å².